The molecule has 0 spiro atoms. The molecule has 1 aliphatic heterocycles. The van der Waals surface area contributed by atoms with Gasteiger partial charge >= 0.3 is 5.97 Å². The van der Waals surface area contributed by atoms with E-state index in [-0.39, 0.29) is 19.6 Å². The van der Waals surface area contributed by atoms with Crippen molar-refractivity contribution in [3.8, 4) is 5.75 Å². The zero-order valence-corrected chi connectivity index (χ0v) is 13.1. The normalized spacial score (nSPS) is 19.2. The molecule has 8 heteroatoms. The molecule has 2 rings (SSSR count). The van der Waals surface area contributed by atoms with Gasteiger partial charge in [0.1, 0.15) is 31.2 Å². The number of likely N-dealkylation sites (tertiary alicyclic amines) is 1. The molecule has 0 bridgehead atoms. The Labute approximate surface area is 138 Å². The SMILES string of the molecule is COc1ccc(COC(=O)CN2C(=O)C(NC=O)C2CC=O)cc1. The first-order chi connectivity index (χ1) is 11.6. The topological polar surface area (TPSA) is 102 Å². The van der Waals surface area contributed by atoms with Gasteiger partial charge in [-0.15, -0.1) is 0 Å². The molecule has 1 aromatic carbocycles. The van der Waals surface area contributed by atoms with Crippen LogP contribution in [0.15, 0.2) is 24.3 Å². The minimum atomic E-state index is -0.762. The van der Waals surface area contributed by atoms with Gasteiger partial charge in [-0.1, -0.05) is 12.1 Å². The van der Waals surface area contributed by atoms with Gasteiger partial charge in [0, 0.05) is 6.42 Å². The Hall–Kier alpha value is -2.90. The second-order valence-corrected chi connectivity index (χ2v) is 5.21. The van der Waals surface area contributed by atoms with Crippen molar-refractivity contribution in [3.05, 3.63) is 29.8 Å². The van der Waals surface area contributed by atoms with Crippen LogP contribution in [0.4, 0.5) is 0 Å². The molecular weight excluding hydrogens is 316 g/mol. The highest BCUT2D eigenvalue weighted by molar-refractivity contribution is 5.94. The average Bonchev–Trinajstić information content (AvgIpc) is 2.61. The number of hydrogen-bond donors (Lipinski definition) is 1. The number of carbonyl (C=O) groups is 4. The second-order valence-electron chi connectivity index (χ2n) is 5.21. The van der Waals surface area contributed by atoms with Crippen molar-refractivity contribution in [2.45, 2.75) is 25.1 Å². The highest BCUT2D eigenvalue weighted by atomic mass is 16.5. The summed E-state index contributed by atoms with van der Waals surface area (Å²) in [5.74, 6) is -0.295. The predicted octanol–water partition coefficient (Wildman–Crippen LogP) is -0.347. The molecule has 128 valence electrons. The summed E-state index contributed by atoms with van der Waals surface area (Å²) in [4.78, 5) is 46.1. The van der Waals surface area contributed by atoms with Crippen molar-refractivity contribution >= 4 is 24.6 Å². The molecule has 2 unspecified atom stereocenters. The zero-order chi connectivity index (χ0) is 17.5. The quantitative estimate of drug-likeness (QED) is 0.376. The Kier molecular flexibility index (Phi) is 5.89. The number of β-lactam (4-membered cyclic amide) rings is 1. The molecule has 1 saturated heterocycles. The third-order valence-electron chi connectivity index (χ3n) is 3.78. The first kappa shape index (κ1) is 17.5. The lowest BCUT2D eigenvalue weighted by Crippen LogP contribution is -2.70. The average molecular weight is 334 g/mol. The fourth-order valence-corrected chi connectivity index (χ4v) is 2.49. The van der Waals surface area contributed by atoms with Crippen LogP contribution in [0.2, 0.25) is 0 Å². The number of hydrogen-bond acceptors (Lipinski definition) is 6. The van der Waals surface area contributed by atoms with Gasteiger partial charge in [-0.25, -0.2) is 0 Å². The van der Waals surface area contributed by atoms with Gasteiger partial charge in [-0.05, 0) is 17.7 Å². The highest BCUT2D eigenvalue weighted by Gasteiger charge is 2.47. The summed E-state index contributed by atoms with van der Waals surface area (Å²) in [7, 11) is 1.56. The molecule has 0 saturated carbocycles. The van der Waals surface area contributed by atoms with Crippen molar-refractivity contribution in [1.29, 1.82) is 0 Å². The van der Waals surface area contributed by atoms with Crippen LogP contribution in [0, 0.1) is 0 Å². The second kappa shape index (κ2) is 8.09. The van der Waals surface area contributed by atoms with E-state index in [1.165, 1.54) is 4.90 Å². The number of amides is 2. The van der Waals surface area contributed by atoms with Crippen molar-refractivity contribution < 1.29 is 28.7 Å². The van der Waals surface area contributed by atoms with Crippen molar-refractivity contribution in [1.82, 2.24) is 10.2 Å². The van der Waals surface area contributed by atoms with E-state index in [1.807, 2.05) is 0 Å². The van der Waals surface area contributed by atoms with E-state index in [0.717, 1.165) is 5.56 Å². The molecule has 2 atom stereocenters. The summed E-state index contributed by atoms with van der Waals surface area (Å²) in [5, 5.41) is 2.34. The Balaban J connectivity index is 1.85. The number of nitrogens with one attached hydrogen (secondary N) is 1. The molecule has 8 nitrogen and oxygen atoms in total. The summed E-state index contributed by atoms with van der Waals surface area (Å²) in [5.41, 5.74) is 0.782. The molecule has 1 fully saturated rings. The van der Waals surface area contributed by atoms with Crippen LogP contribution in [0.1, 0.15) is 12.0 Å². The number of rotatable bonds is 9. The number of benzene rings is 1. The summed E-state index contributed by atoms with van der Waals surface area (Å²) >= 11 is 0. The van der Waals surface area contributed by atoms with Crippen LogP contribution >= 0.6 is 0 Å². The van der Waals surface area contributed by atoms with Gasteiger partial charge in [0.25, 0.3) is 0 Å². The molecule has 1 N–H and O–H groups in total. The van der Waals surface area contributed by atoms with E-state index < -0.39 is 24.0 Å². The fourth-order valence-electron chi connectivity index (χ4n) is 2.49. The van der Waals surface area contributed by atoms with Gasteiger partial charge in [-0.3, -0.25) is 14.4 Å². The molecule has 1 aromatic rings. The molecule has 1 heterocycles. The van der Waals surface area contributed by atoms with Crippen molar-refractivity contribution in [2.24, 2.45) is 0 Å². The molecule has 24 heavy (non-hydrogen) atoms. The minimum Gasteiger partial charge on any atom is -0.497 e. The number of carbonyl (C=O) groups excluding carboxylic acids is 4. The predicted molar refractivity (Wildman–Crippen MR) is 82.0 cm³/mol. The van der Waals surface area contributed by atoms with Gasteiger partial charge in [0.2, 0.25) is 12.3 Å². The van der Waals surface area contributed by atoms with E-state index in [9.17, 15) is 19.2 Å². The van der Waals surface area contributed by atoms with E-state index in [1.54, 1.807) is 31.4 Å². The fraction of sp³-hybridized carbons (Fsp3) is 0.375. The van der Waals surface area contributed by atoms with E-state index in [2.05, 4.69) is 5.32 Å². The molecule has 2 amide bonds. The van der Waals surface area contributed by atoms with E-state index >= 15 is 0 Å². The highest BCUT2D eigenvalue weighted by Crippen LogP contribution is 2.22. The lowest BCUT2D eigenvalue weighted by atomic mass is 9.92. The van der Waals surface area contributed by atoms with Crippen molar-refractivity contribution in [2.75, 3.05) is 13.7 Å². The Morgan fingerprint density at radius 2 is 2.00 bits per heavy atom. The maximum absolute atomic E-state index is 11.9. The lowest BCUT2D eigenvalue weighted by Gasteiger charge is -2.45. The summed E-state index contributed by atoms with van der Waals surface area (Å²) < 4.78 is 10.2. The van der Waals surface area contributed by atoms with Crippen LogP contribution in [0.3, 0.4) is 0 Å². The molecule has 0 aliphatic carbocycles. The minimum absolute atomic E-state index is 0.0446. The van der Waals surface area contributed by atoms with Crippen LogP contribution in [0.25, 0.3) is 0 Å². The maximum atomic E-state index is 11.9. The Morgan fingerprint density at radius 3 is 2.58 bits per heavy atom. The maximum Gasteiger partial charge on any atom is 0.325 e. The smallest absolute Gasteiger partial charge is 0.325 e. The summed E-state index contributed by atoms with van der Waals surface area (Å²) in [6.45, 7) is -0.191. The number of ether oxygens (including phenoxy) is 2. The third-order valence-corrected chi connectivity index (χ3v) is 3.78. The summed E-state index contributed by atoms with van der Waals surface area (Å²) in [6, 6.07) is 5.74. The lowest BCUT2D eigenvalue weighted by molar-refractivity contribution is -0.162. The van der Waals surface area contributed by atoms with Gasteiger partial charge < -0.3 is 24.5 Å². The zero-order valence-electron chi connectivity index (χ0n) is 13.1. The van der Waals surface area contributed by atoms with Crippen LogP contribution in [0.5, 0.6) is 5.75 Å². The number of methoxy groups -OCH3 is 1. The van der Waals surface area contributed by atoms with Crippen LogP contribution < -0.4 is 10.1 Å². The Bertz CT molecular complexity index is 615. The first-order valence-electron chi connectivity index (χ1n) is 7.33. The van der Waals surface area contributed by atoms with Gasteiger partial charge in [0.15, 0.2) is 0 Å². The van der Waals surface area contributed by atoms with Gasteiger partial charge in [0.05, 0.1) is 13.2 Å². The number of esters is 1. The number of aldehydes is 1. The van der Waals surface area contributed by atoms with E-state index in [4.69, 9.17) is 9.47 Å². The van der Waals surface area contributed by atoms with Gasteiger partial charge in [-0.2, -0.15) is 0 Å². The Morgan fingerprint density at radius 1 is 1.29 bits per heavy atom. The third kappa shape index (κ3) is 3.89. The molecular formula is C16H18N2O6. The largest absolute Gasteiger partial charge is 0.497 e. The molecule has 1 aliphatic rings. The summed E-state index contributed by atoms with van der Waals surface area (Å²) in [6.07, 6.45) is 1.09. The first-order valence-corrected chi connectivity index (χ1v) is 7.33. The van der Waals surface area contributed by atoms with E-state index in [0.29, 0.717) is 18.4 Å². The van der Waals surface area contributed by atoms with Crippen LogP contribution in [-0.4, -0.2) is 55.2 Å². The van der Waals surface area contributed by atoms with Crippen LogP contribution in [-0.2, 0) is 30.5 Å². The molecule has 0 aromatic heterocycles. The monoisotopic (exact) mass is 334 g/mol. The molecule has 0 radical (unpaired) electrons. The van der Waals surface area contributed by atoms with Crippen molar-refractivity contribution in [3.63, 3.8) is 0 Å². The standard InChI is InChI=1S/C16H18N2O6/c1-23-12-4-2-11(3-5-12)9-24-14(21)8-18-13(6-7-19)15(16(18)22)17-10-20/h2-5,7,10,13,15H,6,8-9H2,1H3,(H,17,20). The number of nitrogens with zero attached hydrogens (tertiary/aromatic N) is 1.